The second kappa shape index (κ2) is 11.9. The predicted molar refractivity (Wildman–Crippen MR) is 116 cm³/mol. The Morgan fingerprint density at radius 1 is 0.903 bits per heavy atom. The van der Waals surface area contributed by atoms with Crippen LogP contribution < -0.4 is 4.74 Å². The second-order valence-electron chi connectivity index (χ2n) is 9.48. The van der Waals surface area contributed by atoms with E-state index in [-0.39, 0.29) is 5.92 Å². The van der Waals surface area contributed by atoms with Crippen LogP contribution in [-0.2, 0) is 0 Å². The summed E-state index contributed by atoms with van der Waals surface area (Å²) in [4.78, 5) is 0. The van der Waals surface area contributed by atoms with E-state index in [1.807, 2.05) is 0 Å². The highest BCUT2D eigenvalue weighted by atomic mass is 19.3. The van der Waals surface area contributed by atoms with Crippen LogP contribution in [0.4, 0.5) is 17.6 Å². The molecule has 5 heteroatoms. The Morgan fingerprint density at radius 2 is 1.48 bits per heavy atom. The van der Waals surface area contributed by atoms with Crippen molar-refractivity contribution in [2.75, 3.05) is 0 Å². The maximum absolute atomic E-state index is 14.0. The molecule has 31 heavy (non-hydrogen) atoms. The average molecular weight is 441 g/mol. The van der Waals surface area contributed by atoms with E-state index in [9.17, 15) is 17.6 Å². The molecule has 2 saturated carbocycles. The van der Waals surface area contributed by atoms with Crippen LogP contribution in [-0.4, -0.2) is 6.61 Å². The van der Waals surface area contributed by atoms with Crippen molar-refractivity contribution in [1.82, 2.24) is 0 Å². The number of benzene rings is 1. The Hall–Kier alpha value is -1.52. The van der Waals surface area contributed by atoms with Gasteiger partial charge < -0.3 is 4.74 Å². The monoisotopic (exact) mass is 440 g/mol. The first-order valence-electron chi connectivity index (χ1n) is 12.1. The van der Waals surface area contributed by atoms with Crippen LogP contribution in [0, 0.1) is 29.4 Å². The van der Waals surface area contributed by atoms with Gasteiger partial charge >= 0.3 is 6.61 Å². The van der Waals surface area contributed by atoms with Crippen molar-refractivity contribution in [3.05, 3.63) is 41.5 Å². The fourth-order valence-corrected chi connectivity index (χ4v) is 5.50. The topological polar surface area (TPSA) is 9.23 Å². The number of ether oxygens (including phenoxy) is 1. The highest BCUT2D eigenvalue weighted by Crippen LogP contribution is 2.39. The Labute approximate surface area is 184 Å². The molecule has 0 radical (unpaired) electrons. The van der Waals surface area contributed by atoms with Gasteiger partial charge in [0.15, 0.2) is 17.4 Å². The third kappa shape index (κ3) is 7.25. The molecule has 1 aromatic carbocycles. The van der Waals surface area contributed by atoms with Crippen molar-refractivity contribution in [1.29, 1.82) is 0 Å². The van der Waals surface area contributed by atoms with Crippen LogP contribution in [0.15, 0.2) is 24.3 Å². The quantitative estimate of drug-likeness (QED) is 0.275. The lowest BCUT2D eigenvalue weighted by Gasteiger charge is -2.28. The molecule has 0 N–H and O–H groups in total. The van der Waals surface area contributed by atoms with Crippen LogP contribution in [0.25, 0.3) is 0 Å². The number of hydrogen-bond acceptors (Lipinski definition) is 1. The summed E-state index contributed by atoms with van der Waals surface area (Å²) < 4.78 is 56.6. The van der Waals surface area contributed by atoms with Gasteiger partial charge in [0.05, 0.1) is 0 Å². The van der Waals surface area contributed by atoms with Crippen LogP contribution >= 0.6 is 0 Å². The lowest BCUT2D eigenvalue weighted by atomic mass is 9.77. The Balaban J connectivity index is 1.40. The van der Waals surface area contributed by atoms with Gasteiger partial charge in [-0.1, -0.05) is 57.6 Å². The molecule has 1 nitrogen and oxygen atoms in total. The van der Waals surface area contributed by atoms with Crippen LogP contribution in [0.5, 0.6) is 5.75 Å². The van der Waals surface area contributed by atoms with Crippen molar-refractivity contribution >= 4 is 0 Å². The fraction of sp³-hybridized carbons (Fsp3) is 0.692. The minimum Gasteiger partial charge on any atom is -0.429 e. The van der Waals surface area contributed by atoms with Gasteiger partial charge in [0.25, 0.3) is 0 Å². The van der Waals surface area contributed by atoms with Gasteiger partial charge in [-0.25, -0.2) is 8.78 Å². The summed E-state index contributed by atoms with van der Waals surface area (Å²) in [7, 11) is 0. The molecule has 0 amide bonds. The Kier molecular flexibility index (Phi) is 9.28. The zero-order valence-electron chi connectivity index (χ0n) is 18.6. The van der Waals surface area contributed by atoms with Gasteiger partial charge in [-0.3, -0.25) is 0 Å². The zero-order chi connectivity index (χ0) is 22.2. The van der Waals surface area contributed by atoms with Crippen LogP contribution in [0.2, 0.25) is 0 Å². The molecule has 0 aliphatic heterocycles. The molecule has 0 spiro atoms. The number of rotatable bonds is 9. The second-order valence-corrected chi connectivity index (χ2v) is 9.48. The summed E-state index contributed by atoms with van der Waals surface area (Å²) in [5, 5.41) is 0. The molecular formula is C26H36F4O. The third-order valence-corrected chi connectivity index (χ3v) is 7.28. The minimum atomic E-state index is -3.24. The molecule has 2 aliphatic rings. The average Bonchev–Trinajstić information content (AvgIpc) is 2.75. The van der Waals surface area contributed by atoms with Crippen molar-refractivity contribution in [3.8, 4) is 5.75 Å². The SMILES string of the molecule is CCCC1CCC(CC/C=C/C2CCC(c3cc(F)c(OC(F)F)c(F)c3)CC2)CC1. The number of allylic oxidation sites excluding steroid dienone is 2. The standard InChI is InChI=1S/C26H36F4O/c1-2-5-18-8-10-19(11-9-18)6-3-4-7-20-12-14-21(15-13-20)22-16-23(27)25(24(28)17-22)31-26(29)30/h4,7,16-21,26H,2-3,5-6,8-15H2,1H3/b7-4+. The van der Waals surface area contributed by atoms with Gasteiger partial charge in [0.2, 0.25) is 0 Å². The number of alkyl halides is 2. The highest BCUT2D eigenvalue weighted by molar-refractivity contribution is 5.33. The van der Waals surface area contributed by atoms with E-state index in [1.165, 1.54) is 44.9 Å². The molecule has 3 rings (SSSR count). The van der Waals surface area contributed by atoms with Gasteiger partial charge in [-0.2, -0.15) is 8.78 Å². The van der Waals surface area contributed by atoms with E-state index in [0.29, 0.717) is 11.5 Å². The predicted octanol–water partition coefficient (Wildman–Crippen LogP) is 8.78. The molecule has 2 fully saturated rings. The normalized spacial score (nSPS) is 27.2. The summed E-state index contributed by atoms with van der Waals surface area (Å²) in [6.07, 6.45) is 19.1. The summed E-state index contributed by atoms with van der Waals surface area (Å²) in [5.41, 5.74) is 0.540. The fourth-order valence-electron chi connectivity index (χ4n) is 5.50. The molecule has 0 bridgehead atoms. The highest BCUT2D eigenvalue weighted by Gasteiger charge is 2.25. The Morgan fingerprint density at radius 3 is 2.03 bits per heavy atom. The molecule has 0 atom stereocenters. The molecule has 2 aliphatic carbocycles. The summed E-state index contributed by atoms with van der Waals surface area (Å²) >= 11 is 0. The maximum Gasteiger partial charge on any atom is 0.387 e. The third-order valence-electron chi connectivity index (χ3n) is 7.28. The largest absolute Gasteiger partial charge is 0.429 e. The summed E-state index contributed by atoms with van der Waals surface area (Å²) in [6.45, 7) is -0.962. The van der Waals surface area contributed by atoms with E-state index in [0.717, 1.165) is 56.1 Å². The number of halogens is 4. The molecule has 174 valence electrons. The van der Waals surface area contributed by atoms with Gasteiger partial charge in [-0.05, 0) is 79.9 Å². The van der Waals surface area contributed by atoms with E-state index in [4.69, 9.17) is 0 Å². The van der Waals surface area contributed by atoms with Crippen molar-refractivity contribution < 1.29 is 22.3 Å². The molecule has 0 aromatic heterocycles. The van der Waals surface area contributed by atoms with Crippen LogP contribution in [0.1, 0.15) is 95.5 Å². The summed E-state index contributed by atoms with van der Waals surface area (Å²) in [6, 6.07) is 2.30. The van der Waals surface area contributed by atoms with Crippen molar-refractivity contribution in [3.63, 3.8) is 0 Å². The molecule has 1 aromatic rings. The zero-order valence-corrected chi connectivity index (χ0v) is 18.6. The van der Waals surface area contributed by atoms with Gasteiger partial charge in [-0.15, -0.1) is 0 Å². The molecular weight excluding hydrogens is 404 g/mol. The van der Waals surface area contributed by atoms with E-state index in [1.54, 1.807) is 0 Å². The van der Waals surface area contributed by atoms with Gasteiger partial charge in [0.1, 0.15) is 0 Å². The molecule has 0 heterocycles. The lowest BCUT2D eigenvalue weighted by Crippen LogP contribution is -2.14. The van der Waals surface area contributed by atoms with Crippen molar-refractivity contribution in [2.24, 2.45) is 17.8 Å². The Bertz CT molecular complexity index is 678. The lowest BCUT2D eigenvalue weighted by molar-refractivity contribution is -0.0546. The molecule has 0 saturated heterocycles. The van der Waals surface area contributed by atoms with Crippen molar-refractivity contribution in [2.45, 2.75) is 96.5 Å². The summed E-state index contributed by atoms with van der Waals surface area (Å²) in [5.74, 6) is -0.672. The molecule has 0 unspecified atom stereocenters. The number of hydrogen-bond donors (Lipinski definition) is 0. The van der Waals surface area contributed by atoms with Gasteiger partial charge in [0, 0.05) is 0 Å². The van der Waals surface area contributed by atoms with Crippen LogP contribution in [0.3, 0.4) is 0 Å². The smallest absolute Gasteiger partial charge is 0.387 e. The minimum absolute atomic E-state index is 0.0626. The van der Waals surface area contributed by atoms with E-state index >= 15 is 0 Å². The first kappa shape index (κ1) is 24.1. The first-order chi connectivity index (χ1) is 15.0. The van der Waals surface area contributed by atoms with E-state index in [2.05, 4.69) is 23.8 Å². The first-order valence-corrected chi connectivity index (χ1v) is 12.1. The van der Waals surface area contributed by atoms with E-state index < -0.39 is 24.0 Å². The maximum atomic E-state index is 14.0.